The van der Waals surface area contributed by atoms with Gasteiger partial charge in [0, 0.05) is 18.6 Å². The highest BCUT2D eigenvalue weighted by atomic mass is 15.2. The molecule has 2 fully saturated rings. The van der Waals surface area contributed by atoms with Gasteiger partial charge in [0.15, 0.2) is 0 Å². The standard InChI is InChI=1S/C16H33N3/c1-4-14-6-9-17-15(12-14)13-18(3)16-7-10-19(5-2)11-8-16/h14-17H,4-13H2,1-3H3. The average molecular weight is 267 g/mol. The average Bonchev–Trinajstić information content (AvgIpc) is 2.47. The zero-order chi connectivity index (χ0) is 13.7. The number of likely N-dealkylation sites (tertiary alicyclic amines) is 1. The highest BCUT2D eigenvalue weighted by Crippen LogP contribution is 2.21. The maximum Gasteiger partial charge on any atom is 0.0197 e. The van der Waals surface area contributed by atoms with Gasteiger partial charge in [-0.2, -0.15) is 0 Å². The van der Waals surface area contributed by atoms with Gasteiger partial charge in [-0.1, -0.05) is 20.3 Å². The molecule has 2 rings (SSSR count). The van der Waals surface area contributed by atoms with E-state index in [1.54, 1.807) is 0 Å². The van der Waals surface area contributed by atoms with Crippen molar-refractivity contribution in [3.05, 3.63) is 0 Å². The van der Waals surface area contributed by atoms with Gasteiger partial charge in [0.05, 0.1) is 0 Å². The van der Waals surface area contributed by atoms with Crippen LogP contribution < -0.4 is 5.32 Å². The van der Waals surface area contributed by atoms with Gasteiger partial charge in [0.1, 0.15) is 0 Å². The molecule has 0 aromatic heterocycles. The molecule has 3 heteroatoms. The first-order valence-corrected chi connectivity index (χ1v) is 8.38. The van der Waals surface area contributed by atoms with Crippen LogP contribution in [-0.2, 0) is 0 Å². The smallest absolute Gasteiger partial charge is 0.0197 e. The molecule has 112 valence electrons. The van der Waals surface area contributed by atoms with Crippen molar-refractivity contribution in [2.45, 2.75) is 58.0 Å². The number of nitrogens with one attached hydrogen (secondary N) is 1. The summed E-state index contributed by atoms with van der Waals surface area (Å²) in [7, 11) is 2.34. The van der Waals surface area contributed by atoms with Crippen LogP contribution in [0.5, 0.6) is 0 Å². The molecule has 2 heterocycles. The second-order valence-corrected chi connectivity index (χ2v) is 6.55. The molecule has 0 spiro atoms. The van der Waals surface area contributed by atoms with E-state index in [1.165, 1.54) is 64.8 Å². The minimum absolute atomic E-state index is 0.730. The third-order valence-corrected chi connectivity index (χ3v) is 5.32. The van der Waals surface area contributed by atoms with Crippen molar-refractivity contribution < 1.29 is 0 Å². The lowest BCUT2D eigenvalue weighted by Crippen LogP contribution is -2.50. The number of hydrogen-bond donors (Lipinski definition) is 1. The molecule has 2 atom stereocenters. The van der Waals surface area contributed by atoms with Crippen LogP contribution in [0.1, 0.15) is 46.0 Å². The Hall–Kier alpha value is -0.120. The molecule has 0 saturated carbocycles. The lowest BCUT2D eigenvalue weighted by molar-refractivity contribution is 0.115. The summed E-state index contributed by atoms with van der Waals surface area (Å²) < 4.78 is 0. The first kappa shape index (κ1) is 15.3. The van der Waals surface area contributed by atoms with Crippen LogP contribution in [0, 0.1) is 5.92 Å². The van der Waals surface area contributed by atoms with E-state index in [-0.39, 0.29) is 0 Å². The van der Waals surface area contributed by atoms with E-state index in [0.29, 0.717) is 0 Å². The molecule has 0 aromatic rings. The predicted octanol–water partition coefficient (Wildman–Crippen LogP) is 2.18. The van der Waals surface area contributed by atoms with Crippen molar-refractivity contribution in [3.8, 4) is 0 Å². The van der Waals surface area contributed by atoms with Gasteiger partial charge in [-0.25, -0.2) is 0 Å². The Morgan fingerprint density at radius 1 is 1.16 bits per heavy atom. The second-order valence-electron chi connectivity index (χ2n) is 6.55. The van der Waals surface area contributed by atoms with Crippen molar-refractivity contribution in [3.63, 3.8) is 0 Å². The van der Waals surface area contributed by atoms with Gasteiger partial charge in [0.2, 0.25) is 0 Å². The molecule has 2 saturated heterocycles. The lowest BCUT2D eigenvalue weighted by Gasteiger charge is -2.39. The summed E-state index contributed by atoms with van der Waals surface area (Å²) in [5.74, 6) is 0.960. The van der Waals surface area contributed by atoms with E-state index < -0.39 is 0 Å². The number of piperidine rings is 2. The Kier molecular flexibility index (Phi) is 6.11. The van der Waals surface area contributed by atoms with Crippen LogP contribution >= 0.6 is 0 Å². The summed E-state index contributed by atoms with van der Waals surface area (Å²) in [6, 6.07) is 1.54. The normalized spacial score (nSPS) is 30.9. The van der Waals surface area contributed by atoms with Crippen LogP contribution in [0.15, 0.2) is 0 Å². The molecule has 19 heavy (non-hydrogen) atoms. The SMILES string of the molecule is CCC1CCNC(CN(C)C2CCN(CC)CC2)C1. The van der Waals surface area contributed by atoms with E-state index >= 15 is 0 Å². The quantitative estimate of drug-likeness (QED) is 0.824. The summed E-state index contributed by atoms with van der Waals surface area (Å²) in [5, 5.41) is 3.72. The monoisotopic (exact) mass is 267 g/mol. The Morgan fingerprint density at radius 2 is 1.89 bits per heavy atom. The minimum atomic E-state index is 0.730. The summed E-state index contributed by atoms with van der Waals surface area (Å²) in [4.78, 5) is 5.21. The highest BCUT2D eigenvalue weighted by Gasteiger charge is 2.26. The van der Waals surface area contributed by atoms with E-state index in [1.807, 2.05) is 0 Å². The molecule has 0 aromatic carbocycles. The Morgan fingerprint density at radius 3 is 2.53 bits per heavy atom. The third-order valence-electron chi connectivity index (χ3n) is 5.32. The highest BCUT2D eigenvalue weighted by molar-refractivity contribution is 4.84. The van der Waals surface area contributed by atoms with Crippen LogP contribution in [0.2, 0.25) is 0 Å². The zero-order valence-electron chi connectivity index (χ0n) is 13.2. The summed E-state index contributed by atoms with van der Waals surface area (Å²) in [6.07, 6.45) is 6.83. The minimum Gasteiger partial charge on any atom is -0.313 e. The van der Waals surface area contributed by atoms with Crippen molar-refractivity contribution in [2.24, 2.45) is 5.92 Å². The molecule has 2 aliphatic rings. The molecular weight excluding hydrogens is 234 g/mol. The van der Waals surface area contributed by atoms with Crippen molar-refractivity contribution in [1.29, 1.82) is 0 Å². The molecule has 2 unspecified atom stereocenters. The van der Waals surface area contributed by atoms with E-state index in [0.717, 1.165) is 18.0 Å². The predicted molar refractivity (Wildman–Crippen MR) is 82.6 cm³/mol. The van der Waals surface area contributed by atoms with Gasteiger partial charge in [-0.15, -0.1) is 0 Å². The molecule has 1 N–H and O–H groups in total. The Balaban J connectivity index is 1.73. The van der Waals surface area contributed by atoms with E-state index in [2.05, 4.69) is 36.0 Å². The zero-order valence-corrected chi connectivity index (χ0v) is 13.2. The van der Waals surface area contributed by atoms with Crippen molar-refractivity contribution in [1.82, 2.24) is 15.1 Å². The second kappa shape index (κ2) is 7.61. The molecule has 0 amide bonds. The molecule has 0 bridgehead atoms. The van der Waals surface area contributed by atoms with Gasteiger partial charge < -0.3 is 15.1 Å². The fraction of sp³-hybridized carbons (Fsp3) is 1.00. The van der Waals surface area contributed by atoms with Crippen LogP contribution in [0.25, 0.3) is 0 Å². The first-order valence-electron chi connectivity index (χ1n) is 8.38. The maximum atomic E-state index is 3.72. The third kappa shape index (κ3) is 4.44. The number of rotatable bonds is 5. The summed E-state index contributed by atoms with van der Waals surface area (Å²) >= 11 is 0. The summed E-state index contributed by atoms with van der Waals surface area (Å²) in [5.41, 5.74) is 0. The van der Waals surface area contributed by atoms with Crippen LogP contribution in [0.4, 0.5) is 0 Å². The van der Waals surface area contributed by atoms with E-state index in [9.17, 15) is 0 Å². The molecule has 0 aliphatic carbocycles. The molecule has 3 nitrogen and oxygen atoms in total. The number of nitrogens with zero attached hydrogens (tertiary/aromatic N) is 2. The van der Waals surface area contributed by atoms with Gasteiger partial charge in [0.25, 0.3) is 0 Å². The first-order chi connectivity index (χ1) is 9.22. The summed E-state index contributed by atoms with van der Waals surface area (Å²) in [6.45, 7) is 10.9. The van der Waals surface area contributed by atoms with E-state index in [4.69, 9.17) is 0 Å². The Bertz CT molecular complexity index is 248. The molecule has 0 radical (unpaired) electrons. The lowest BCUT2D eigenvalue weighted by atomic mass is 9.90. The van der Waals surface area contributed by atoms with Gasteiger partial charge in [-0.3, -0.25) is 0 Å². The van der Waals surface area contributed by atoms with Gasteiger partial charge >= 0.3 is 0 Å². The van der Waals surface area contributed by atoms with Crippen molar-refractivity contribution in [2.75, 3.05) is 39.8 Å². The van der Waals surface area contributed by atoms with Crippen LogP contribution in [-0.4, -0.2) is 61.7 Å². The fourth-order valence-electron chi connectivity index (χ4n) is 3.78. The largest absolute Gasteiger partial charge is 0.313 e. The Labute approximate surface area is 119 Å². The fourth-order valence-corrected chi connectivity index (χ4v) is 3.78. The maximum absolute atomic E-state index is 3.72. The number of likely N-dealkylation sites (N-methyl/N-ethyl adjacent to an activating group) is 1. The van der Waals surface area contributed by atoms with Gasteiger partial charge in [-0.05, 0) is 64.8 Å². The van der Waals surface area contributed by atoms with Crippen LogP contribution in [0.3, 0.4) is 0 Å². The topological polar surface area (TPSA) is 18.5 Å². The molecule has 2 aliphatic heterocycles. The molecular formula is C16H33N3. The number of hydrogen-bond acceptors (Lipinski definition) is 3. The van der Waals surface area contributed by atoms with Crippen molar-refractivity contribution >= 4 is 0 Å².